The Labute approximate surface area is 223 Å². The highest BCUT2D eigenvalue weighted by atomic mass is 35.5. The van der Waals surface area contributed by atoms with Crippen LogP contribution < -0.4 is 20.7 Å². The molecule has 0 unspecified atom stereocenters. The van der Waals surface area contributed by atoms with Gasteiger partial charge in [0.15, 0.2) is 0 Å². The monoisotopic (exact) mass is 541 g/mol. The fourth-order valence-electron chi connectivity index (χ4n) is 4.30. The first kappa shape index (κ1) is 26.5. The van der Waals surface area contributed by atoms with Crippen LogP contribution in [0.4, 0.5) is 0 Å². The van der Waals surface area contributed by atoms with Crippen molar-refractivity contribution in [3.8, 4) is 17.2 Å². The number of thiophene rings is 1. The van der Waals surface area contributed by atoms with Crippen LogP contribution in [0.5, 0.6) is 11.5 Å². The molecule has 0 spiro atoms. The Kier molecular flexibility index (Phi) is 7.75. The van der Waals surface area contributed by atoms with Gasteiger partial charge in [-0.1, -0.05) is 23.7 Å². The molecule has 194 valence electrons. The molecule has 0 bridgehead atoms. The third-order valence-electron chi connectivity index (χ3n) is 6.34. The van der Waals surface area contributed by atoms with Gasteiger partial charge in [0, 0.05) is 24.2 Å². The Bertz CT molecular complexity index is 1580. The standard InChI is InChI=1S/C27H28ClN3O5S/c1-6-29(7-2)25(33)23-16(3)22-24(32)31(20-13-12-19(35-4)14-21(20)36-5)27(34)30(26(22)37-23)15-17-8-10-18(28)11-9-17/h8-14H,6-7,15H2,1-5H3. The fourth-order valence-corrected chi connectivity index (χ4v) is 5.68. The molecule has 2 aromatic carbocycles. The molecule has 10 heteroatoms. The molecule has 0 atom stereocenters. The Morgan fingerprint density at radius 1 is 1.03 bits per heavy atom. The van der Waals surface area contributed by atoms with Gasteiger partial charge >= 0.3 is 5.69 Å². The summed E-state index contributed by atoms with van der Waals surface area (Å²) in [5.74, 6) is 0.667. The number of ether oxygens (including phenoxy) is 2. The maximum atomic E-state index is 14.0. The molecule has 0 aliphatic carbocycles. The van der Waals surface area contributed by atoms with Crippen molar-refractivity contribution in [3.05, 3.63) is 84.3 Å². The second-order valence-corrected chi connectivity index (χ2v) is 9.82. The van der Waals surface area contributed by atoms with Gasteiger partial charge in [-0.15, -0.1) is 11.3 Å². The largest absolute Gasteiger partial charge is 0.497 e. The molecular weight excluding hydrogens is 514 g/mol. The van der Waals surface area contributed by atoms with Crippen molar-refractivity contribution >= 4 is 39.1 Å². The van der Waals surface area contributed by atoms with E-state index < -0.39 is 11.2 Å². The summed E-state index contributed by atoms with van der Waals surface area (Å²) in [4.78, 5) is 43.8. The zero-order chi connectivity index (χ0) is 26.9. The van der Waals surface area contributed by atoms with Crippen LogP contribution in [0.15, 0.2) is 52.1 Å². The Hall–Kier alpha value is -3.56. The molecule has 8 nitrogen and oxygen atoms in total. The SMILES string of the molecule is CCN(CC)C(=O)c1sc2c(c1C)c(=O)n(-c1ccc(OC)cc1OC)c(=O)n2Cc1ccc(Cl)cc1. The van der Waals surface area contributed by atoms with Crippen LogP contribution in [0, 0.1) is 6.92 Å². The zero-order valence-electron chi connectivity index (χ0n) is 21.3. The van der Waals surface area contributed by atoms with Crippen LogP contribution in [0.3, 0.4) is 0 Å². The average Bonchev–Trinajstić information content (AvgIpc) is 3.25. The number of aromatic nitrogens is 2. The van der Waals surface area contributed by atoms with E-state index in [1.165, 1.54) is 30.1 Å². The van der Waals surface area contributed by atoms with Crippen molar-refractivity contribution < 1.29 is 14.3 Å². The number of amides is 1. The minimum absolute atomic E-state index is 0.165. The summed E-state index contributed by atoms with van der Waals surface area (Å²) in [7, 11) is 2.99. The second-order valence-electron chi connectivity index (χ2n) is 8.39. The van der Waals surface area contributed by atoms with E-state index in [0.717, 1.165) is 10.1 Å². The number of aryl methyl sites for hydroxylation is 1. The summed E-state index contributed by atoms with van der Waals surface area (Å²) in [5, 5.41) is 0.903. The van der Waals surface area contributed by atoms with Gasteiger partial charge in [-0.3, -0.25) is 14.2 Å². The van der Waals surface area contributed by atoms with Crippen molar-refractivity contribution in [1.82, 2.24) is 14.0 Å². The van der Waals surface area contributed by atoms with Crippen molar-refractivity contribution in [2.45, 2.75) is 27.3 Å². The van der Waals surface area contributed by atoms with Crippen LogP contribution in [-0.2, 0) is 6.54 Å². The second kappa shape index (κ2) is 10.8. The minimum Gasteiger partial charge on any atom is -0.497 e. The first-order chi connectivity index (χ1) is 17.7. The molecule has 2 heterocycles. The minimum atomic E-state index is -0.543. The van der Waals surface area contributed by atoms with Crippen molar-refractivity contribution in [1.29, 1.82) is 0 Å². The van der Waals surface area contributed by atoms with Gasteiger partial charge in [0.25, 0.3) is 11.5 Å². The summed E-state index contributed by atoms with van der Waals surface area (Å²) < 4.78 is 13.4. The van der Waals surface area contributed by atoms with Crippen LogP contribution in [-0.4, -0.2) is 47.3 Å². The molecule has 0 fully saturated rings. The molecule has 0 aliphatic heterocycles. The molecule has 4 rings (SSSR count). The smallest absolute Gasteiger partial charge is 0.337 e. The van der Waals surface area contributed by atoms with E-state index >= 15 is 0 Å². The van der Waals surface area contributed by atoms with Crippen molar-refractivity contribution in [2.24, 2.45) is 0 Å². The van der Waals surface area contributed by atoms with Crippen LogP contribution in [0.25, 0.3) is 15.9 Å². The molecule has 2 aromatic heterocycles. The Balaban J connectivity index is 2.07. The molecule has 0 N–H and O–H groups in total. The van der Waals surface area contributed by atoms with Gasteiger partial charge in [-0.05, 0) is 56.2 Å². The van der Waals surface area contributed by atoms with Gasteiger partial charge in [0.2, 0.25) is 0 Å². The highest BCUT2D eigenvalue weighted by Crippen LogP contribution is 2.31. The third-order valence-corrected chi connectivity index (χ3v) is 7.89. The summed E-state index contributed by atoms with van der Waals surface area (Å²) in [6.07, 6.45) is 0. The molecule has 0 saturated heterocycles. The molecule has 4 aromatic rings. The topological polar surface area (TPSA) is 82.8 Å². The number of methoxy groups -OCH3 is 2. The number of fused-ring (bicyclic) bond motifs is 1. The number of hydrogen-bond donors (Lipinski definition) is 0. The van der Waals surface area contributed by atoms with E-state index in [0.29, 0.717) is 50.3 Å². The fraction of sp³-hybridized carbons (Fsp3) is 0.296. The summed E-state index contributed by atoms with van der Waals surface area (Å²) >= 11 is 7.23. The lowest BCUT2D eigenvalue weighted by Crippen LogP contribution is -2.39. The Morgan fingerprint density at radius 3 is 2.30 bits per heavy atom. The lowest BCUT2D eigenvalue weighted by Gasteiger charge is -2.17. The molecule has 0 radical (unpaired) electrons. The van der Waals surface area contributed by atoms with Gasteiger partial charge in [0.1, 0.15) is 16.3 Å². The lowest BCUT2D eigenvalue weighted by molar-refractivity contribution is 0.0777. The molecular formula is C27H28ClN3O5S. The number of rotatable bonds is 8. The number of nitrogens with zero attached hydrogens (tertiary/aromatic N) is 3. The molecule has 1 amide bonds. The van der Waals surface area contributed by atoms with E-state index in [1.54, 1.807) is 42.2 Å². The van der Waals surface area contributed by atoms with Crippen LogP contribution >= 0.6 is 22.9 Å². The van der Waals surface area contributed by atoms with Crippen molar-refractivity contribution in [3.63, 3.8) is 0 Å². The van der Waals surface area contributed by atoms with E-state index in [2.05, 4.69) is 0 Å². The third kappa shape index (κ3) is 4.76. The van der Waals surface area contributed by atoms with Crippen molar-refractivity contribution in [2.75, 3.05) is 27.3 Å². The highest BCUT2D eigenvalue weighted by Gasteiger charge is 2.26. The van der Waals surface area contributed by atoms with Gasteiger partial charge in [-0.25, -0.2) is 9.36 Å². The van der Waals surface area contributed by atoms with Crippen LogP contribution in [0.2, 0.25) is 5.02 Å². The molecule has 0 saturated carbocycles. The van der Waals surface area contributed by atoms with Gasteiger partial charge in [-0.2, -0.15) is 0 Å². The number of carbonyl (C=O) groups is 1. The van der Waals surface area contributed by atoms with E-state index in [9.17, 15) is 14.4 Å². The molecule has 0 aliphatic rings. The van der Waals surface area contributed by atoms with Gasteiger partial charge in [0.05, 0.1) is 36.7 Å². The summed E-state index contributed by atoms with van der Waals surface area (Å²) in [6, 6.07) is 12.0. The quantitative estimate of drug-likeness (QED) is 0.322. The highest BCUT2D eigenvalue weighted by molar-refractivity contribution is 7.20. The zero-order valence-corrected chi connectivity index (χ0v) is 22.9. The maximum Gasteiger partial charge on any atom is 0.337 e. The first-order valence-corrected chi connectivity index (χ1v) is 13.0. The molecule has 37 heavy (non-hydrogen) atoms. The summed E-state index contributed by atoms with van der Waals surface area (Å²) in [6.45, 7) is 6.82. The maximum absolute atomic E-state index is 14.0. The average molecular weight is 542 g/mol. The number of benzene rings is 2. The number of hydrogen-bond acceptors (Lipinski definition) is 6. The van der Waals surface area contributed by atoms with E-state index in [4.69, 9.17) is 21.1 Å². The van der Waals surface area contributed by atoms with E-state index in [1.807, 2.05) is 26.0 Å². The first-order valence-electron chi connectivity index (χ1n) is 11.8. The van der Waals surface area contributed by atoms with Gasteiger partial charge < -0.3 is 14.4 Å². The van der Waals surface area contributed by atoms with E-state index in [-0.39, 0.29) is 18.1 Å². The van der Waals surface area contributed by atoms with Crippen LogP contribution in [0.1, 0.15) is 34.6 Å². The predicted molar refractivity (Wildman–Crippen MR) is 147 cm³/mol. The lowest BCUT2D eigenvalue weighted by atomic mass is 10.1. The Morgan fingerprint density at radius 2 is 1.70 bits per heavy atom. The normalized spacial score (nSPS) is 11.1. The number of halogens is 1. The predicted octanol–water partition coefficient (Wildman–Crippen LogP) is 4.72. The number of carbonyl (C=O) groups excluding carboxylic acids is 1. The summed E-state index contributed by atoms with van der Waals surface area (Å²) in [5.41, 5.74) is 0.602.